The van der Waals surface area contributed by atoms with E-state index in [9.17, 15) is 9.59 Å². The zero-order chi connectivity index (χ0) is 19.4. The zero-order valence-corrected chi connectivity index (χ0v) is 15.7. The van der Waals surface area contributed by atoms with Crippen molar-refractivity contribution >= 4 is 52.2 Å². The summed E-state index contributed by atoms with van der Waals surface area (Å²) >= 11 is 7.26. The molecule has 0 radical (unpaired) electrons. The molecular weight excluding hydrogens is 384 g/mol. The van der Waals surface area contributed by atoms with Gasteiger partial charge in [-0.2, -0.15) is 0 Å². The van der Waals surface area contributed by atoms with Crippen molar-refractivity contribution in [2.45, 2.75) is 0 Å². The number of aliphatic imine (C=N–C) groups is 1. The highest BCUT2D eigenvalue weighted by molar-refractivity contribution is 8.18. The van der Waals surface area contributed by atoms with Crippen molar-refractivity contribution in [3.63, 3.8) is 0 Å². The van der Waals surface area contributed by atoms with E-state index in [1.54, 1.807) is 36.4 Å². The second-order valence-electron chi connectivity index (χ2n) is 5.62. The summed E-state index contributed by atoms with van der Waals surface area (Å²) in [5, 5.41) is 10.1. The first-order valence-corrected chi connectivity index (χ1v) is 9.17. The number of benzene rings is 2. The SMILES string of the molecule is C=CCN1C(=O)/C(=C/c2cccc(Cl)c2)SC1=Nc1ccc(C(=O)O)cc1. The van der Waals surface area contributed by atoms with Crippen LogP contribution in [0.2, 0.25) is 5.02 Å². The Morgan fingerprint density at radius 1 is 1.26 bits per heavy atom. The molecule has 1 saturated heterocycles. The number of hydrogen-bond acceptors (Lipinski definition) is 4. The molecule has 0 saturated carbocycles. The van der Waals surface area contributed by atoms with Gasteiger partial charge in [-0.3, -0.25) is 9.69 Å². The summed E-state index contributed by atoms with van der Waals surface area (Å²) < 4.78 is 0. The van der Waals surface area contributed by atoms with Crippen LogP contribution in [-0.4, -0.2) is 33.6 Å². The van der Waals surface area contributed by atoms with Gasteiger partial charge in [0.15, 0.2) is 5.17 Å². The highest BCUT2D eigenvalue weighted by Gasteiger charge is 2.32. The molecule has 2 aromatic rings. The number of thioether (sulfide) groups is 1. The van der Waals surface area contributed by atoms with Gasteiger partial charge in [0.1, 0.15) is 0 Å². The number of carboxylic acids is 1. The topological polar surface area (TPSA) is 70.0 Å². The van der Waals surface area contributed by atoms with E-state index >= 15 is 0 Å². The molecule has 0 bridgehead atoms. The van der Waals surface area contributed by atoms with E-state index in [2.05, 4.69) is 11.6 Å². The summed E-state index contributed by atoms with van der Waals surface area (Å²) in [5.41, 5.74) is 1.57. The van der Waals surface area contributed by atoms with Crippen LogP contribution in [0.15, 0.2) is 71.1 Å². The summed E-state index contributed by atoms with van der Waals surface area (Å²) in [7, 11) is 0. The largest absolute Gasteiger partial charge is 0.478 e. The molecule has 1 fully saturated rings. The molecule has 136 valence electrons. The third-order valence-corrected chi connectivity index (χ3v) is 4.93. The van der Waals surface area contributed by atoms with Crippen LogP contribution in [0.3, 0.4) is 0 Å². The highest BCUT2D eigenvalue weighted by Crippen LogP contribution is 2.34. The van der Waals surface area contributed by atoms with Gasteiger partial charge in [0.2, 0.25) is 0 Å². The van der Waals surface area contributed by atoms with Gasteiger partial charge < -0.3 is 5.11 Å². The Labute approximate surface area is 165 Å². The number of aromatic carboxylic acids is 1. The Morgan fingerprint density at radius 3 is 2.63 bits per heavy atom. The van der Waals surface area contributed by atoms with Crippen LogP contribution < -0.4 is 0 Å². The number of halogens is 1. The van der Waals surface area contributed by atoms with Gasteiger partial charge in [0, 0.05) is 11.6 Å². The lowest BCUT2D eigenvalue weighted by molar-refractivity contribution is -0.121. The number of carbonyl (C=O) groups excluding carboxylic acids is 1. The minimum atomic E-state index is -1.00. The molecule has 1 heterocycles. The van der Waals surface area contributed by atoms with Crippen molar-refractivity contribution in [2.75, 3.05) is 6.54 Å². The summed E-state index contributed by atoms with van der Waals surface area (Å²) in [6.07, 6.45) is 3.40. The first-order valence-electron chi connectivity index (χ1n) is 7.98. The molecule has 0 aliphatic carbocycles. The fourth-order valence-electron chi connectivity index (χ4n) is 2.42. The van der Waals surface area contributed by atoms with Gasteiger partial charge in [-0.25, -0.2) is 9.79 Å². The summed E-state index contributed by atoms with van der Waals surface area (Å²) in [5.74, 6) is -1.17. The van der Waals surface area contributed by atoms with Gasteiger partial charge >= 0.3 is 5.97 Å². The van der Waals surface area contributed by atoms with E-state index in [-0.39, 0.29) is 11.5 Å². The maximum absolute atomic E-state index is 12.7. The number of amidine groups is 1. The fraction of sp³-hybridized carbons (Fsp3) is 0.0500. The Hall–Kier alpha value is -2.83. The summed E-state index contributed by atoms with van der Waals surface area (Å²) in [6.45, 7) is 4.02. The van der Waals surface area contributed by atoms with Crippen LogP contribution in [0.1, 0.15) is 15.9 Å². The van der Waals surface area contributed by atoms with Gasteiger partial charge in [0.05, 0.1) is 16.2 Å². The van der Waals surface area contributed by atoms with Crippen LogP contribution in [0.5, 0.6) is 0 Å². The monoisotopic (exact) mass is 398 g/mol. The lowest BCUT2D eigenvalue weighted by Gasteiger charge is -2.12. The zero-order valence-electron chi connectivity index (χ0n) is 14.1. The Balaban J connectivity index is 1.93. The van der Waals surface area contributed by atoms with Crippen molar-refractivity contribution in [3.8, 4) is 0 Å². The number of amides is 1. The maximum Gasteiger partial charge on any atom is 0.335 e. The molecule has 7 heteroatoms. The molecule has 0 unspecified atom stereocenters. The normalized spacial score (nSPS) is 16.9. The van der Waals surface area contributed by atoms with Crippen LogP contribution in [-0.2, 0) is 4.79 Å². The quantitative estimate of drug-likeness (QED) is 0.578. The van der Waals surface area contributed by atoms with Gasteiger partial charge in [-0.1, -0.05) is 29.8 Å². The van der Waals surface area contributed by atoms with Crippen molar-refractivity contribution in [1.29, 1.82) is 0 Å². The summed E-state index contributed by atoms with van der Waals surface area (Å²) in [4.78, 5) is 30.2. The first kappa shape index (κ1) is 18.9. The average molecular weight is 399 g/mol. The molecular formula is C20H15ClN2O3S. The first-order chi connectivity index (χ1) is 13.0. The Bertz CT molecular complexity index is 967. The van der Waals surface area contributed by atoms with E-state index in [1.807, 2.05) is 12.1 Å². The molecule has 0 aromatic heterocycles. The van der Waals surface area contributed by atoms with Gasteiger partial charge in [-0.05, 0) is 59.8 Å². The minimum Gasteiger partial charge on any atom is -0.478 e. The second-order valence-corrected chi connectivity index (χ2v) is 7.06. The average Bonchev–Trinajstić information content (AvgIpc) is 2.91. The summed E-state index contributed by atoms with van der Waals surface area (Å²) in [6, 6.07) is 13.4. The van der Waals surface area contributed by atoms with Gasteiger partial charge in [0.25, 0.3) is 5.91 Å². The predicted molar refractivity (Wildman–Crippen MR) is 109 cm³/mol. The fourth-order valence-corrected chi connectivity index (χ4v) is 3.62. The van der Waals surface area contributed by atoms with E-state index in [0.717, 1.165) is 5.56 Å². The minimum absolute atomic E-state index is 0.166. The Morgan fingerprint density at radius 2 is 2.00 bits per heavy atom. The van der Waals surface area contributed by atoms with Crippen molar-refractivity contribution in [1.82, 2.24) is 4.90 Å². The van der Waals surface area contributed by atoms with Crippen molar-refractivity contribution in [2.24, 2.45) is 4.99 Å². The number of rotatable bonds is 5. The van der Waals surface area contributed by atoms with Crippen molar-refractivity contribution < 1.29 is 14.7 Å². The Kier molecular flexibility index (Phi) is 5.78. The number of nitrogens with zero attached hydrogens (tertiary/aromatic N) is 2. The molecule has 1 aliphatic heterocycles. The number of carbonyl (C=O) groups is 2. The molecule has 1 aliphatic rings. The number of hydrogen-bond donors (Lipinski definition) is 1. The van der Waals surface area contributed by atoms with Crippen LogP contribution in [0.4, 0.5) is 5.69 Å². The second kappa shape index (κ2) is 8.24. The van der Waals surface area contributed by atoms with Crippen LogP contribution in [0.25, 0.3) is 6.08 Å². The molecule has 0 spiro atoms. The van der Waals surface area contributed by atoms with Crippen LogP contribution >= 0.6 is 23.4 Å². The van der Waals surface area contributed by atoms with Crippen LogP contribution in [0, 0.1) is 0 Å². The highest BCUT2D eigenvalue weighted by atomic mass is 35.5. The smallest absolute Gasteiger partial charge is 0.335 e. The number of carboxylic acid groups (broad SMARTS) is 1. The third-order valence-electron chi connectivity index (χ3n) is 3.69. The lowest BCUT2D eigenvalue weighted by atomic mass is 10.2. The molecule has 5 nitrogen and oxygen atoms in total. The molecule has 0 atom stereocenters. The lowest BCUT2D eigenvalue weighted by Crippen LogP contribution is -2.29. The standard InChI is InChI=1S/C20H15ClN2O3S/c1-2-10-23-18(24)17(12-13-4-3-5-15(21)11-13)27-20(23)22-16-8-6-14(7-9-16)19(25)26/h2-9,11-12H,1,10H2,(H,25,26)/b17-12-,22-20?. The van der Waals surface area contributed by atoms with Crippen molar-refractivity contribution in [3.05, 3.63) is 82.2 Å². The maximum atomic E-state index is 12.7. The third kappa shape index (κ3) is 4.48. The molecule has 2 aromatic carbocycles. The predicted octanol–water partition coefficient (Wildman–Crippen LogP) is 4.83. The van der Waals surface area contributed by atoms with Gasteiger partial charge in [-0.15, -0.1) is 6.58 Å². The van der Waals surface area contributed by atoms with E-state index in [4.69, 9.17) is 16.7 Å². The van der Waals surface area contributed by atoms with E-state index < -0.39 is 5.97 Å². The molecule has 1 N–H and O–H groups in total. The molecule has 3 rings (SSSR count). The molecule has 27 heavy (non-hydrogen) atoms. The molecule has 1 amide bonds. The van der Waals surface area contributed by atoms with E-state index in [1.165, 1.54) is 28.8 Å². The van der Waals surface area contributed by atoms with E-state index in [0.29, 0.717) is 27.3 Å².